The number of amides is 1. The molecule has 2 N–H and O–H groups in total. The van der Waals surface area contributed by atoms with E-state index < -0.39 is 20.0 Å². The van der Waals surface area contributed by atoms with Crippen molar-refractivity contribution in [2.24, 2.45) is 0 Å². The molecule has 0 heterocycles. The van der Waals surface area contributed by atoms with Crippen LogP contribution in [0.3, 0.4) is 0 Å². The van der Waals surface area contributed by atoms with Crippen LogP contribution in [-0.2, 0) is 18.4 Å². The van der Waals surface area contributed by atoms with E-state index in [0.717, 1.165) is 38.5 Å². The van der Waals surface area contributed by atoms with Crippen LogP contribution in [0.25, 0.3) is 0 Å². The number of allylic oxidation sites excluding steroid dienone is 1. The third-order valence-corrected chi connectivity index (χ3v) is 9.21. The number of phosphoric acid groups is 1. The van der Waals surface area contributed by atoms with Crippen molar-refractivity contribution in [3.63, 3.8) is 0 Å². The minimum absolute atomic E-state index is 0.00146. The number of nitrogens with one attached hydrogen (secondary N) is 1. The Balaban J connectivity index is 4.57. The standard InChI is InChI=1S/C36H73N2O6P/c1-6-8-10-12-14-16-18-20-21-23-25-27-29-35(39)34(33-44-45(41,42)43-32-31-38(3,4)5)37-36(40)30-28-26-24-22-19-17-15-13-11-9-7-2/h27,29,34-35,39H,6-26,28,30-33H2,1-5H3,(H-,37,40,41,42)/b29-27+. The summed E-state index contributed by atoms with van der Waals surface area (Å²) >= 11 is 0. The molecule has 0 spiro atoms. The molecule has 0 aliphatic rings. The van der Waals surface area contributed by atoms with Crippen LogP contribution in [0.4, 0.5) is 0 Å². The molecule has 0 radical (unpaired) electrons. The lowest BCUT2D eigenvalue weighted by Gasteiger charge is -2.29. The zero-order chi connectivity index (χ0) is 33.7. The van der Waals surface area contributed by atoms with E-state index in [2.05, 4.69) is 19.2 Å². The quantitative estimate of drug-likeness (QED) is 0.0316. The van der Waals surface area contributed by atoms with Gasteiger partial charge in [0, 0.05) is 6.42 Å². The van der Waals surface area contributed by atoms with E-state index in [0.29, 0.717) is 17.4 Å². The second-order valence-corrected chi connectivity index (χ2v) is 15.3. The maximum absolute atomic E-state index is 12.7. The molecule has 0 aromatic heterocycles. The Morgan fingerprint density at radius 2 is 1.20 bits per heavy atom. The number of carbonyl (C=O) groups excluding carboxylic acids is 1. The molecule has 0 rings (SSSR count). The van der Waals surface area contributed by atoms with Gasteiger partial charge >= 0.3 is 0 Å². The maximum Gasteiger partial charge on any atom is 0.268 e. The first-order valence-electron chi connectivity index (χ1n) is 18.6. The lowest BCUT2D eigenvalue weighted by Crippen LogP contribution is -2.45. The lowest BCUT2D eigenvalue weighted by molar-refractivity contribution is -0.870. The normalized spacial score (nSPS) is 14.9. The summed E-state index contributed by atoms with van der Waals surface area (Å²) in [4.78, 5) is 25.1. The Hall–Kier alpha value is -0.760. The van der Waals surface area contributed by atoms with Crippen LogP contribution in [0, 0.1) is 0 Å². The highest BCUT2D eigenvalue weighted by atomic mass is 31.2. The molecular formula is C36H73N2O6P. The molecule has 0 aromatic carbocycles. The number of nitrogens with zero attached hydrogens (tertiary/aromatic N) is 1. The molecule has 1 amide bonds. The third-order valence-electron chi connectivity index (χ3n) is 8.25. The van der Waals surface area contributed by atoms with E-state index in [-0.39, 0.29) is 19.1 Å². The number of aliphatic hydroxyl groups is 1. The lowest BCUT2D eigenvalue weighted by atomic mass is 10.0. The van der Waals surface area contributed by atoms with Gasteiger partial charge in [0.15, 0.2) is 0 Å². The first-order valence-corrected chi connectivity index (χ1v) is 20.0. The van der Waals surface area contributed by atoms with Crippen LogP contribution >= 0.6 is 7.82 Å². The fourth-order valence-corrected chi connectivity index (χ4v) is 5.93. The number of quaternary nitrogens is 1. The monoisotopic (exact) mass is 661 g/mol. The number of hydrogen-bond acceptors (Lipinski definition) is 6. The van der Waals surface area contributed by atoms with Gasteiger partial charge in [-0.3, -0.25) is 9.36 Å². The van der Waals surface area contributed by atoms with Crippen molar-refractivity contribution in [1.82, 2.24) is 5.32 Å². The van der Waals surface area contributed by atoms with Gasteiger partial charge < -0.3 is 28.8 Å². The average Bonchev–Trinajstić information content (AvgIpc) is 2.97. The fraction of sp³-hybridized carbons (Fsp3) is 0.917. The summed E-state index contributed by atoms with van der Waals surface area (Å²) in [6.45, 7) is 4.61. The molecule has 0 aliphatic heterocycles. The summed E-state index contributed by atoms with van der Waals surface area (Å²) < 4.78 is 23.0. The molecule has 9 heteroatoms. The summed E-state index contributed by atoms with van der Waals surface area (Å²) in [6.07, 6.45) is 29.6. The van der Waals surface area contributed by atoms with Crippen LogP contribution in [0.15, 0.2) is 12.2 Å². The van der Waals surface area contributed by atoms with Crippen molar-refractivity contribution in [3.8, 4) is 0 Å². The fourth-order valence-electron chi connectivity index (χ4n) is 5.21. The highest BCUT2D eigenvalue weighted by Crippen LogP contribution is 2.38. The van der Waals surface area contributed by atoms with E-state index >= 15 is 0 Å². The zero-order valence-corrected chi connectivity index (χ0v) is 31.0. The highest BCUT2D eigenvalue weighted by Gasteiger charge is 2.23. The molecule has 0 aliphatic carbocycles. The molecule has 0 saturated heterocycles. The third kappa shape index (κ3) is 31.6. The number of likely N-dealkylation sites (N-methyl/N-ethyl adjacent to an activating group) is 1. The van der Waals surface area contributed by atoms with E-state index in [1.54, 1.807) is 6.08 Å². The van der Waals surface area contributed by atoms with E-state index in [9.17, 15) is 19.4 Å². The Labute approximate surface area is 278 Å². The molecule has 0 fully saturated rings. The number of aliphatic hydroxyl groups excluding tert-OH is 1. The van der Waals surface area contributed by atoms with Gasteiger partial charge in [-0.1, -0.05) is 148 Å². The van der Waals surface area contributed by atoms with E-state index in [4.69, 9.17) is 9.05 Å². The van der Waals surface area contributed by atoms with Crippen LogP contribution in [0.2, 0.25) is 0 Å². The number of rotatable bonds is 33. The van der Waals surface area contributed by atoms with Gasteiger partial charge in [-0.15, -0.1) is 0 Å². The summed E-state index contributed by atoms with van der Waals surface area (Å²) in [6, 6.07) is -0.876. The molecule has 0 aromatic rings. The van der Waals surface area contributed by atoms with Crippen molar-refractivity contribution in [3.05, 3.63) is 12.2 Å². The minimum Gasteiger partial charge on any atom is -0.756 e. The molecule has 268 valence electrons. The topological polar surface area (TPSA) is 108 Å². The number of hydrogen-bond donors (Lipinski definition) is 2. The molecule has 3 atom stereocenters. The summed E-state index contributed by atoms with van der Waals surface area (Å²) in [7, 11) is 1.26. The molecule has 45 heavy (non-hydrogen) atoms. The highest BCUT2D eigenvalue weighted by molar-refractivity contribution is 7.45. The molecular weight excluding hydrogens is 587 g/mol. The minimum atomic E-state index is -4.57. The van der Waals surface area contributed by atoms with Crippen LogP contribution in [-0.4, -0.2) is 68.5 Å². The zero-order valence-electron chi connectivity index (χ0n) is 30.1. The van der Waals surface area contributed by atoms with Gasteiger partial charge in [0.1, 0.15) is 13.2 Å². The van der Waals surface area contributed by atoms with Gasteiger partial charge in [0.25, 0.3) is 7.82 Å². The average molecular weight is 661 g/mol. The van der Waals surface area contributed by atoms with Gasteiger partial charge in [-0.05, 0) is 19.3 Å². The Kier molecular flexibility index (Phi) is 28.9. The van der Waals surface area contributed by atoms with Crippen molar-refractivity contribution in [2.45, 2.75) is 174 Å². The summed E-state index contributed by atoms with van der Waals surface area (Å²) in [5.41, 5.74) is 0. The van der Waals surface area contributed by atoms with Gasteiger partial charge in [0.2, 0.25) is 5.91 Å². The van der Waals surface area contributed by atoms with Crippen LogP contribution < -0.4 is 10.2 Å². The molecule has 3 unspecified atom stereocenters. The van der Waals surface area contributed by atoms with Crippen LogP contribution in [0.1, 0.15) is 162 Å². The van der Waals surface area contributed by atoms with Crippen molar-refractivity contribution in [2.75, 3.05) is 40.9 Å². The number of phosphoric ester groups is 1. The molecule has 0 bridgehead atoms. The van der Waals surface area contributed by atoms with Gasteiger partial charge in [-0.2, -0.15) is 0 Å². The Morgan fingerprint density at radius 3 is 1.67 bits per heavy atom. The first-order chi connectivity index (χ1) is 21.5. The van der Waals surface area contributed by atoms with E-state index in [1.165, 1.54) is 103 Å². The van der Waals surface area contributed by atoms with E-state index in [1.807, 2.05) is 27.2 Å². The Bertz CT molecular complexity index is 758. The number of carbonyl (C=O) groups is 1. The summed E-state index contributed by atoms with van der Waals surface area (Å²) in [5.74, 6) is -0.201. The summed E-state index contributed by atoms with van der Waals surface area (Å²) in [5, 5.41) is 13.7. The second-order valence-electron chi connectivity index (χ2n) is 13.9. The van der Waals surface area contributed by atoms with Crippen molar-refractivity contribution >= 4 is 13.7 Å². The number of unbranched alkanes of at least 4 members (excludes halogenated alkanes) is 20. The molecule has 0 saturated carbocycles. The second kappa shape index (κ2) is 29.4. The SMILES string of the molecule is CCCCCCCCCCCC/C=C/C(O)C(COP(=O)([O-])OCC[N+](C)(C)C)NC(=O)CCCCCCCCCCCCC. The Morgan fingerprint density at radius 1 is 0.756 bits per heavy atom. The predicted octanol–water partition coefficient (Wildman–Crippen LogP) is 8.61. The maximum atomic E-state index is 12.7. The molecule has 8 nitrogen and oxygen atoms in total. The predicted molar refractivity (Wildman–Crippen MR) is 187 cm³/mol. The van der Waals surface area contributed by atoms with Crippen molar-refractivity contribution in [1.29, 1.82) is 0 Å². The van der Waals surface area contributed by atoms with Gasteiger partial charge in [0.05, 0.1) is 39.9 Å². The largest absolute Gasteiger partial charge is 0.756 e. The van der Waals surface area contributed by atoms with Gasteiger partial charge in [-0.25, -0.2) is 0 Å². The van der Waals surface area contributed by atoms with Crippen LogP contribution in [0.5, 0.6) is 0 Å². The smallest absolute Gasteiger partial charge is 0.268 e. The van der Waals surface area contributed by atoms with Crippen molar-refractivity contribution < 1.29 is 32.9 Å². The first kappa shape index (κ1) is 44.2.